The Balaban J connectivity index is 2.05. The van der Waals surface area contributed by atoms with Crippen LogP contribution in [0.5, 0.6) is 11.5 Å². The summed E-state index contributed by atoms with van der Waals surface area (Å²) in [5.74, 6) is 3.80. The van der Waals surface area contributed by atoms with Gasteiger partial charge in [-0.15, -0.1) is 11.8 Å². The van der Waals surface area contributed by atoms with Crippen molar-refractivity contribution in [1.29, 1.82) is 0 Å². The molecule has 0 aliphatic carbocycles. The molecule has 1 heterocycles. The van der Waals surface area contributed by atoms with Gasteiger partial charge in [0, 0.05) is 17.1 Å². The van der Waals surface area contributed by atoms with E-state index >= 15 is 0 Å². The predicted molar refractivity (Wildman–Crippen MR) is 89.6 cm³/mol. The van der Waals surface area contributed by atoms with Crippen LogP contribution >= 0.6 is 24.4 Å². The third-order valence-corrected chi connectivity index (χ3v) is 6.11. The van der Waals surface area contributed by atoms with Gasteiger partial charge in [-0.1, -0.05) is 13.8 Å². The van der Waals surface area contributed by atoms with E-state index in [2.05, 4.69) is 38.6 Å². The molecule has 0 fully saturated rings. The number of ether oxygens (including phenoxy) is 2. The highest BCUT2D eigenvalue weighted by Crippen LogP contribution is 2.38. The maximum Gasteiger partial charge on any atom is 0.162 e. The highest BCUT2D eigenvalue weighted by atomic mass is 32.2. The van der Waals surface area contributed by atoms with Gasteiger partial charge in [-0.3, -0.25) is 0 Å². The lowest BCUT2D eigenvalue weighted by atomic mass is 9.87. The molecule has 4 heteroatoms. The summed E-state index contributed by atoms with van der Waals surface area (Å²) in [6, 6.07) is 6.27. The SMILES string of the molecule is CCC(CC)(CS)CSc1ccc2c(c1)OCCCO2. The molecule has 0 radical (unpaired) electrons. The van der Waals surface area contributed by atoms with Crippen LogP contribution < -0.4 is 9.47 Å². The first-order valence-corrected chi connectivity index (χ1v) is 8.98. The van der Waals surface area contributed by atoms with Gasteiger partial charge in [0.05, 0.1) is 13.2 Å². The Morgan fingerprint density at radius 1 is 1.15 bits per heavy atom. The zero-order valence-corrected chi connectivity index (χ0v) is 14.1. The molecule has 0 bridgehead atoms. The molecule has 2 nitrogen and oxygen atoms in total. The third kappa shape index (κ3) is 3.79. The second kappa shape index (κ2) is 7.51. The molecular weight excluding hydrogens is 288 g/mol. The van der Waals surface area contributed by atoms with E-state index in [1.807, 2.05) is 17.8 Å². The van der Waals surface area contributed by atoms with Crippen LogP contribution in [-0.2, 0) is 0 Å². The number of hydrogen-bond acceptors (Lipinski definition) is 4. The van der Waals surface area contributed by atoms with Crippen molar-refractivity contribution in [3.8, 4) is 11.5 Å². The van der Waals surface area contributed by atoms with Crippen LogP contribution in [0, 0.1) is 5.41 Å². The average molecular weight is 313 g/mol. The van der Waals surface area contributed by atoms with Gasteiger partial charge in [-0.2, -0.15) is 12.6 Å². The summed E-state index contributed by atoms with van der Waals surface area (Å²) >= 11 is 6.44. The van der Waals surface area contributed by atoms with Gasteiger partial charge < -0.3 is 9.47 Å². The normalized spacial score (nSPS) is 14.9. The molecule has 1 aliphatic heterocycles. The summed E-state index contributed by atoms with van der Waals surface area (Å²) in [7, 11) is 0. The van der Waals surface area contributed by atoms with Crippen molar-refractivity contribution >= 4 is 24.4 Å². The summed E-state index contributed by atoms with van der Waals surface area (Å²) in [4.78, 5) is 1.25. The van der Waals surface area contributed by atoms with E-state index in [-0.39, 0.29) is 0 Å². The smallest absolute Gasteiger partial charge is 0.162 e. The monoisotopic (exact) mass is 312 g/mol. The van der Waals surface area contributed by atoms with Gasteiger partial charge in [-0.05, 0) is 42.2 Å². The summed E-state index contributed by atoms with van der Waals surface area (Å²) in [6.45, 7) is 6.00. The molecule has 1 aliphatic rings. The van der Waals surface area contributed by atoms with Gasteiger partial charge in [0.2, 0.25) is 0 Å². The molecule has 0 atom stereocenters. The molecule has 2 rings (SSSR count). The molecule has 0 saturated carbocycles. The van der Waals surface area contributed by atoms with Crippen LogP contribution in [0.2, 0.25) is 0 Å². The summed E-state index contributed by atoms with van der Waals surface area (Å²) < 4.78 is 11.4. The Bertz CT molecular complexity index is 422. The molecule has 1 aromatic rings. The van der Waals surface area contributed by atoms with E-state index in [0.29, 0.717) is 5.41 Å². The summed E-state index contributed by atoms with van der Waals surface area (Å²) in [6.07, 6.45) is 3.29. The Kier molecular flexibility index (Phi) is 5.97. The lowest BCUT2D eigenvalue weighted by Gasteiger charge is -2.29. The van der Waals surface area contributed by atoms with Crippen LogP contribution in [0.1, 0.15) is 33.1 Å². The van der Waals surface area contributed by atoms with Crippen molar-refractivity contribution in [2.24, 2.45) is 5.41 Å². The zero-order chi connectivity index (χ0) is 14.4. The van der Waals surface area contributed by atoms with Crippen molar-refractivity contribution in [2.45, 2.75) is 38.0 Å². The molecule has 0 spiro atoms. The Hall–Kier alpha value is -0.480. The molecule has 0 unspecified atom stereocenters. The topological polar surface area (TPSA) is 18.5 Å². The van der Waals surface area contributed by atoms with E-state index in [0.717, 1.165) is 42.6 Å². The molecule has 0 amide bonds. The molecule has 112 valence electrons. The number of hydrogen-bond donors (Lipinski definition) is 1. The van der Waals surface area contributed by atoms with Crippen molar-refractivity contribution in [2.75, 3.05) is 24.7 Å². The van der Waals surface area contributed by atoms with Gasteiger partial charge in [0.25, 0.3) is 0 Å². The van der Waals surface area contributed by atoms with Gasteiger partial charge in [0.15, 0.2) is 11.5 Å². The van der Waals surface area contributed by atoms with Gasteiger partial charge in [0.1, 0.15) is 0 Å². The minimum absolute atomic E-state index is 0.331. The molecule has 20 heavy (non-hydrogen) atoms. The minimum Gasteiger partial charge on any atom is -0.490 e. The predicted octanol–water partition coefficient (Wildman–Crippen LogP) is 4.68. The number of thiol groups is 1. The van der Waals surface area contributed by atoms with Crippen molar-refractivity contribution in [3.05, 3.63) is 18.2 Å². The lowest BCUT2D eigenvalue weighted by Crippen LogP contribution is -2.24. The van der Waals surface area contributed by atoms with Crippen LogP contribution in [0.25, 0.3) is 0 Å². The van der Waals surface area contributed by atoms with E-state index in [4.69, 9.17) is 9.47 Å². The Labute approximate surface area is 132 Å². The Morgan fingerprint density at radius 3 is 2.50 bits per heavy atom. The van der Waals surface area contributed by atoms with Crippen molar-refractivity contribution in [1.82, 2.24) is 0 Å². The first-order valence-electron chi connectivity index (χ1n) is 7.36. The molecular formula is C16H24O2S2. The highest BCUT2D eigenvalue weighted by molar-refractivity contribution is 7.99. The van der Waals surface area contributed by atoms with E-state index in [9.17, 15) is 0 Å². The largest absolute Gasteiger partial charge is 0.490 e. The van der Waals surface area contributed by atoms with Crippen molar-refractivity contribution < 1.29 is 9.47 Å². The van der Waals surface area contributed by atoms with Crippen LogP contribution in [0.4, 0.5) is 0 Å². The fraction of sp³-hybridized carbons (Fsp3) is 0.625. The van der Waals surface area contributed by atoms with Crippen LogP contribution in [0.3, 0.4) is 0 Å². The van der Waals surface area contributed by atoms with Crippen molar-refractivity contribution in [3.63, 3.8) is 0 Å². The Morgan fingerprint density at radius 2 is 1.85 bits per heavy atom. The van der Waals surface area contributed by atoms with E-state index in [1.165, 1.54) is 17.7 Å². The molecule has 0 saturated heterocycles. The maximum absolute atomic E-state index is 5.75. The van der Waals surface area contributed by atoms with E-state index in [1.54, 1.807) is 0 Å². The number of benzene rings is 1. The third-order valence-electron chi connectivity index (χ3n) is 4.10. The van der Waals surface area contributed by atoms with Gasteiger partial charge >= 0.3 is 0 Å². The molecule has 0 aromatic heterocycles. The second-order valence-electron chi connectivity index (χ2n) is 5.31. The fourth-order valence-electron chi connectivity index (χ4n) is 2.19. The van der Waals surface area contributed by atoms with Crippen LogP contribution in [-0.4, -0.2) is 24.7 Å². The summed E-state index contributed by atoms with van der Waals surface area (Å²) in [5.41, 5.74) is 0.331. The zero-order valence-electron chi connectivity index (χ0n) is 12.4. The first kappa shape index (κ1) is 15.9. The standard InChI is InChI=1S/C16H24O2S2/c1-3-16(4-2,11-19)12-20-13-6-7-14-15(10-13)18-9-5-8-17-14/h6-7,10,19H,3-5,8-9,11-12H2,1-2H3. The van der Waals surface area contributed by atoms with E-state index < -0.39 is 0 Å². The van der Waals surface area contributed by atoms with Crippen LogP contribution in [0.15, 0.2) is 23.1 Å². The fourth-order valence-corrected chi connectivity index (χ4v) is 4.24. The number of rotatable bonds is 6. The average Bonchev–Trinajstić information content (AvgIpc) is 2.74. The second-order valence-corrected chi connectivity index (χ2v) is 6.68. The number of thioether (sulfide) groups is 1. The lowest BCUT2D eigenvalue weighted by molar-refractivity contribution is 0.297. The number of fused-ring (bicyclic) bond motifs is 1. The molecule has 0 N–H and O–H groups in total. The minimum atomic E-state index is 0.331. The summed E-state index contributed by atoms with van der Waals surface area (Å²) in [5, 5.41) is 0. The quantitative estimate of drug-likeness (QED) is 0.608. The maximum atomic E-state index is 5.75. The molecule has 1 aromatic carbocycles. The van der Waals surface area contributed by atoms with Gasteiger partial charge in [-0.25, -0.2) is 0 Å². The highest BCUT2D eigenvalue weighted by Gasteiger charge is 2.24. The first-order chi connectivity index (χ1) is 9.73.